The number of nitrogens with zero attached hydrogens (tertiary/aromatic N) is 4. The van der Waals surface area contributed by atoms with E-state index in [1.165, 1.54) is 18.4 Å². The first-order valence-electron chi connectivity index (χ1n) is 11.2. The van der Waals surface area contributed by atoms with Crippen molar-refractivity contribution in [3.05, 3.63) is 64.7 Å². The Morgan fingerprint density at radius 3 is 2.49 bits per heavy atom. The van der Waals surface area contributed by atoms with Gasteiger partial charge in [0.25, 0.3) is 5.91 Å². The summed E-state index contributed by atoms with van der Waals surface area (Å²) in [5, 5.41) is 2.79. The molecule has 9 nitrogen and oxygen atoms in total. The predicted molar refractivity (Wildman–Crippen MR) is 130 cm³/mol. The largest absolute Gasteiger partial charge is 0.484 e. The zero-order valence-corrected chi connectivity index (χ0v) is 20.4. The van der Waals surface area contributed by atoms with Crippen molar-refractivity contribution in [2.75, 3.05) is 33.4 Å². The zero-order valence-electron chi connectivity index (χ0n) is 19.5. The minimum Gasteiger partial charge on any atom is -0.484 e. The van der Waals surface area contributed by atoms with Gasteiger partial charge in [0.1, 0.15) is 10.8 Å². The Balaban J connectivity index is 1.50. The smallest absolute Gasteiger partial charge is 0.337 e. The summed E-state index contributed by atoms with van der Waals surface area (Å²) >= 11 is 1.50. The SMILES string of the molecule is COC(=O)c1ccc(OCC(=O)N2CCN(C(C)=O)CCC2c2nc(-c3ccncc3)cs2)cc1. The molecule has 1 fully saturated rings. The van der Waals surface area contributed by atoms with Crippen molar-refractivity contribution in [2.45, 2.75) is 19.4 Å². The Labute approximate surface area is 207 Å². The summed E-state index contributed by atoms with van der Waals surface area (Å²) in [7, 11) is 1.32. The minimum atomic E-state index is -0.440. The first kappa shape index (κ1) is 24.3. The summed E-state index contributed by atoms with van der Waals surface area (Å²) in [6.45, 7) is 2.75. The topological polar surface area (TPSA) is 102 Å². The van der Waals surface area contributed by atoms with E-state index in [2.05, 4.69) is 4.98 Å². The second kappa shape index (κ2) is 11.1. The van der Waals surface area contributed by atoms with E-state index in [-0.39, 0.29) is 24.5 Å². The van der Waals surface area contributed by atoms with Crippen LogP contribution in [0.2, 0.25) is 0 Å². The molecule has 0 radical (unpaired) electrons. The lowest BCUT2D eigenvalue weighted by molar-refractivity contribution is -0.136. The minimum absolute atomic E-state index is 0.0170. The van der Waals surface area contributed by atoms with E-state index in [4.69, 9.17) is 14.5 Å². The van der Waals surface area contributed by atoms with Crippen LogP contribution in [0.15, 0.2) is 54.2 Å². The Morgan fingerprint density at radius 1 is 1.06 bits per heavy atom. The molecule has 0 N–H and O–H groups in total. The average molecular weight is 495 g/mol. The number of benzene rings is 1. The third-order valence-electron chi connectivity index (χ3n) is 5.85. The molecule has 0 aliphatic carbocycles. The van der Waals surface area contributed by atoms with E-state index >= 15 is 0 Å². The highest BCUT2D eigenvalue weighted by Gasteiger charge is 2.32. The second-order valence-electron chi connectivity index (χ2n) is 8.01. The van der Waals surface area contributed by atoms with Crippen molar-refractivity contribution < 1.29 is 23.9 Å². The number of amides is 2. The van der Waals surface area contributed by atoms with Gasteiger partial charge in [-0.25, -0.2) is 9.78 Å². The number of hydrogen-bond acceptors (Lipinski definition) is 8. The molecule has 0 spiro atoms. The summed E-state index contributed by atoms with van der Waals surface area (Å²) in [5.74, 6) is -0.184. The molecule has 35 heavy (non-hydrogen) atoms. The first-order chi connectivity index (χ1) is 17.0. The normalized spacial score (nSPS) is 15.9. The zero-order chi connectivity index (χ0) is 24.8. The lowest BCUT2D eigenvalue weighted by Gasteiger charge is -2.28. The standard InChI is InChI=1S/C25H26N4O5S/c1-17(30)28-12-9-22(24-27-21(16-35-24)18-7-10-26-11-8-18)29(14-13-28)23(31)15-34-20-5-3-19(4-6-20)25(32)33-2/h3-8,10-11,16,22H,9,12-15H2,1-2H3. The molecule has 2 amide bonds. The third-order valence-corrected chi connectivity index (χ3v) is 6.79. The van der Waals surface area contributed by atoms with Crippen LogP contribution in [0.3, 0.4) is 0 Å². The van der Waals surface area contributed by atoms with Crippen LogP contribution in [-0.2, 0) is 14.3 Å². The number of ether oxygens (including phenoxy) is 2. The van der Waals surface area contributed by atoms with Crippen molar-refractivity contribution in [3.8, 4) is 17.0 Å². The number of carbonyl (C=O) groups excluding carboxylic acids is 3. The quantitative estimate of drug-likeness (QED) is 0.485. The Morgan fingerprint density at radius 2 is 1.80 bits per heavy atom. The van der Waals surface area contributed by atoms with Gasteiger partial charge in [-0.3, -0.25) is 14.6 Å². The third kappa shape index (κ3) is 5.83. The Bertz CT molecular complexity index is 1180. The van der Waals surface area contributed by atoms with E-state index in [1.807, 2.05) is 17.5 Å². The van der Waals surface area contributed by atoms with E-state index in [0.717, 1.165) is 16.3 Å². The molecule has 1 unspecified atom stereocenters. The van der Waals surface area contributed by atoms with Crippen LogP contribution in [0, 0.1) is 0 Å². The van der Waals surface area contributed by atoms with E-state index in [0.29, 0.717) is 37.4 Å². The average Bonchev–Trinajstić information content (AvgIpc) is 3.27. The van der Waals surface area contributed by atoms with Gasteiger partial charge in [-0.05, 0) is 42.8 Å². The van der Waals surface area contributed by atoms with Gasteiger partial charge in [0.2, 0.25) is 5.91 Å². The molecule has 1 atom stereocenters. The van der Waals surface area contributed by atoms with Gasteiger partial charge in [-0.15, -0.1) is 11.3 Å². The molecule has 1 aliphatic rings. The van der Waals surface area contributed by atoms with Crippen LogP contribution in [0.25, 0.3) is 11.3 Å². The van der Waals surface area contributed by atoms with Crippen molar-refractivity contribution in [1.29, 1.82) is 0 Å². The molecule has 1 aromatic carbocycles. The van der Waals surface area contributed by atoms with Crippen LogP contribution >= 0.6 is 11.3 Å². The fraction of sp³-hybridized carbons (Fsp3) is 0.320. The maximum atomic E-state index is 13.3. The molecule has 2 aromatic heterocycles. The van der Waals surface area contributed by atoms with E-state index < -0.39 is 5.97 Å². The van der Waals surface area contributed by atoms with Crippen LogP contribution in [0.1, 0.15) is 34.8 Å². The molecular weight excluding hydrogens is 468 g/mol. The fourth-order valence-corrected chi connectivity index (χ4v) is 4.90. The van der Waals surface area contributed by atoms with Gasteiger partial charge in [0.05, 0.1) is 24.4 Å². The lowest BCUT2D eigenvalue weighted by atomic mass is 10.1. The summed E-state index contributed by atoms with van der Waals surface area (Å²) in [6, 6.07) is 9.94. The van der Waals surface area contributed by atoms with Gasteiger partial charge < -0.3 is 19.3 Å². The first-order valence-corrected chi connectivity index (χ1v) is 12.1. The predicted octanol–water partition coefficient (Wildman–Crippen LogP) is 3.19. The molecule has 0 saturated carbocycles. The van der Waals surface area contributed by atoms with Crippen LogP contribution in [0.5, 0.6) is 5.75 Å². The van der Waals surface area contributed by atoms with Crippen LogP contribution in [-0.4, -0.2) is 70.9 Å². The highest BCUT2D eigenvalue weighted by Crippen LogP contribution is 2.32. The molecular formula is C25H26N4O5S. The van der Waals surface area contributed by atoms with Crippen molar-refractivity contribution >= 4 is 29.1 Å². The molecule has 3 aromatic rings. The van der Waals surface area contributed by atoms with E-state index in [1.54, 1.807) is 53.4 Å². The second-order valence-corrected chi connectivity index (χ2v) is 8.90. The molecule has 10 heteroatoms. The van der Waals surface area contributed by atoms with Crippen molar-refractivity contribution in [1.82, 2.24) is 19.8 Å². The number of methoxy groups -OCH3 is 1. The van der Waals surface area contributed by atoms with E-state index in [9.17, 15) is 14.4 Å². The molecule has 182 valence electrons. The van der Waals surface area contributed by atoms with Gasteiger partial charge in [0, 0.05) is 49.9 Å². The molecule has 1 aliphatic heterocycles. The molecule has 3 heterocycles. The number of thiazole rings is 1. The van der Waals surface area contributed by atoms with Crippen molar-refractivity contribution in [3.63, 3.8) is 0 Å². The molecule has 4 rings (SSSR count). The lowest BCUT2D eigenvalue weighted by Crippen LogP contribution is -2.40. The number of esters is 1. The fourth-order valence-electron chi connectivity index (χ4n) is 3.93. The highest BCUT2D eigenvalue weighted by molar-refractivity contribution is 7.10. The van der Waals surface area contributed by atoms with Gasteiger partial charge in [-0.1, -0.05) is 0 Å². The monoisotopic (exact) mass is 494 g/mol. The summed E-state index contributed by atoms with van der Waals surface area (Å²) in [5.41, 5.74) is 2.18. The van der Waals surface area contributed by atoms with Crippen LogP contribution in [0.4, 0.5) is 0 Å². The summed E-state index contributed by atoms with van der Waals surface area (Å²) < 4.78 is 10.4. The number of aromatic nitrogens is 2. The van der Waals surface area contributed by atoms with Crippen molar-refractivity contribution in [2.24, 2.45) is 0 Å². The van der Waals surface area contributed by atoms with Crippen LogP contribution < -0.4 is 4.74 Å². The molecule has 1 saturated heterocycles. The maximum absolute atomic E-state index is 13.3. The Hall–Kier alpha value is -3.79. The molecule has 0 bridgehead atoms. The maximum Gasteiger partial charge on any atom is 0.337 e. The summed E-state index contributed by atoms with van der Waals surface area (Å²) in [6.07, 6.45) is 4.02. The summed E-state index contributed by atoms with van der Waals surface area (Å²) in [4.78, 5) is 49.3. The van der Waals surface area contributed by atoms with Gasteiger partial charge in [-0.2, -0.15) is 0 Å². The van der Waals surface area contributed by atoms with Gasteiger partial charge >= 0.3 is 5.97 Å². The number of carbonyl (C=O) groups is 3. The van der Waals surface area contributed by atoms with Gasteiger partial charge in [0.15, 0.2) is 6.61 Å². The number of hydrogen-bond donors (Lipinski definition) is 0. The Kier molecular flexibility index (Phi) is 7.71. The highest BCUT2D eigenvalue weighted by atomic mass is 32.1. The number of rotatable bonds is 6. The number of pyridine rings is 1.